The summed E-state index contributed by atoms with van der Waals surface area (Å²) in [6, 6.07) is 25.2. The number of aromatic nitrogens is 3. The van der Waals surface area contributed by atoms with Gasteiger partial charge in [-0.05, 0) is 66.0 Å². The van der Waals surface area contributed by atoms with Crippen LogP contribution in [0.5, 0.6) is 0 Å². The number of hydrogen-bond donors (Lipinski definition) is 1. The van der Waals surface area contributed by atoms with E-state index in [2.05, 4.69) is 64.2 Å². The fourth-order valence-electron chi connectivity index (χ4n) is 5.74. The minimum atomic E-state index is 0.254. The molecule has 3 heterocycles. The molecule has 1 saturated heterocycles. The first-order valence-corrected chi connectivity index (χ1v) is 13.0. The molecule has 0 bridgehead atoms. The molecule has 1 atom stereocenters. The topological polar surface area (TPSA) is 77.7 Å². The van der Waals surface area contributed by atoms with Gasteiger partial charge in [-0.2, -0.15) is 5.26 Å². The van der Waals surface area contributed by atoms with Gasteiger partial charge in [-0.1, -0.05) is 42.5 Å². The smallest absolute Gasteiger partial charge is 0.225 e. The van der Waals surface area contributed by atoms with Gasteiger partial charge in [0, 0.05) is 42.8 Å². The number of nitrogens with one attached hydrogen (secondary N) is 1. The van der Waals surface area contributed by atoms with Crippen LogP contribution in [-0.2, 0) is 11.3 Å². The molecule has 5 aromatic rings. The van der Waals surface area contributed by atoms with Crippen molar-refractivity contribution in [3.8, 4) is 28.6 Å². The van der Waals surface area contributed by atoms with Gasteiger partial charge in [0.1, 0.15) is 11.9 Å². The zero-order valence-electron chi connectivity index (χ0n) is 20.5. The van der Waals surface area contributed by atoms with Crippen LogP contribution in [0, 0.1) is 23.2 Å². The molecule has 6 heteroatoms. The average molecular weight is 486 g/mol. The molecule has 37 heavy (non-hydrogen) atoms. The van der Waals surface area contributed by atoms with Crippen molar-refractivity contribution in [2.45, 2.75) is 25.8 Å². The molecular weight excluding hydrogens is 458 g/mol. The van der Waals surface area contributed by atoms with Crippen LogP contribution in [-0.4, -0.2) is 38.4 Å². The van der Waals surface area contributed by atoms with Crippen molar-refractivity contribution in [3.05, 3.63) is 78.5 Å². The molecule has 0 radical (unpaired) electrons. The Morgan fingerprint density at radius 2 is 1.81 bits per heavy atom. The lowest BCUT2D eigenvalue weighted by molar-refractivity contribution is -0.131. The number of para-hydroxylation sites is 1. The largest absolute Gasteiger partial charge is 0.361 e. The number of nitriles is 1. The van der Waals surface area contributed by atoms with Crippen molar-refractivity contribution in [1.82, 2.24) is 19.4 Å². The van der Waals surface area contributed by atoms with E-state index in [9.17, 15) is 10.1 Å². The van der Waals surface area contributed by atoms with Gasteiger partial charge in [0.15, 0.2) is 0 Å². The molecule has 1 saturated carbocycles. The fraction of sp³-hybridized carbons (Fsp3) is 0.258. The monoisotopic (exact) mass is 485 g/mol. The maximum atomic E-state index is 12.6. The molecule has 3 aromatic carbocycles. The number of fused-ring (bicyclic) bond motifs is 2. The van der Waals surface area contributed by atoms with E-state index in [1.165, 1.54) is 5.39 Å². The summed E-state index contributed by atoms with van der Waals surface area (Å²) in [5.74, 6) is 1.79. The minimum Gasteiger partial charge on any atom is -0.361 e. The number of rotatable bonds is 5. The number of hydrogen-bond acceptors (Lipinski definition) is 3. The summed E-state index contributed by atoms with van der Waals surface area (Å²) in [4.78, 5) is 22.9. The van der Waals surface area contributed by atoms with E-state index in [-0.39, 0.29) is 5.92 Å². The van der Waals surface area contributed by atoms with Crippen LogP contribution in [0.25, 0.3) is 44.5 Å². The molecule has 6 nitrogen and oxygen atoms in total. The molecule has 182 valence electrons. The van der Waals surface area contributed by atoms with E-state index in [1.807, 2.05) is 29.3 Å². The van der Waals surface area contributed by atoms with E-state index in [0.29, 0.717) is 17.4 Å². The van der Waals surface area contributed by atoms with Crippen LogP contribution in [0.3, 0.4) is 0 Å². The van der Waals surface area contributed by atoms with E-state index in [0.717, 1.165) is 78.0 Å². The van der Waals surface area contributed by atoms with Crippen molar-refractivity contribution in [2.75, 3.05) is 13.1 Å². The highest BCUT2D eigenvalue weighted by molar-refractivity contribution is 5.87. The second-order valence-corrected chi connectivity index (χ2v) is 10.4. The van der Waals surface area contributed by atoms with Gasteiger partial charge in [0.05, 0.1) is 16.6 Å². The Labute approximate surface area is 215 Å². The standard InChI is InChI=1S/C31H27N5O/c32-17-26-2-1-3-27-29(26)36(19-20-13-15-35(18-20)31(37)24-9-10-24)30(34-27)23-7-4-21(5-8-23)25-11-6-22-12-14-33-28(22)16-25/h1-8,11-12,14,16,20,24,33H,9-10,13,15,18-19H2/t20-/m1/s1. The third kappa shape index (κ3) is 3.88. The van der Waals surface area contributed by atoms with Crippen molar-refractivity contribution >= 4 is 27.8 Å². The first kappa shape index (κ1) is 21.9. The summed E-state index contributed by atoms with van der Waals surface area (Å²) < 4.78 is 2.21. The Morgan fingerprint density at radius 1 is 1.00 bits per heavy atom. The number of benzene rings is 3. The van der Waals surface area contributed by atoms with Crippen LogP contribution >= 0.6 is 0 Å². The quantitative estimate of drug-likeness (QED) is 0.333. The van der Waals surface area contributed by atoms with E-state index in [4.69, 9.17) is 4.98 Å². The van der Waals surface area contributed by atoms with Crippen molar-refractivity contribution < 1.29 is 4.79 Å². The van der Waals surface area contributed by atoms with Gasteiger partial charge >= 0.3 is 0 Å². The fourth-order valence-corrected chi connectivity index (χ4v) is 5.74. The Kier molecular flexibility index (Phi) is 5.10. The van der Waals surface area contributed by atoms with Gasteiger partial charge in [-0.3, -0.25) is 4.79 Å². The zero-order chi connectivity index (χ0) is 24.9. The van der Waals surface area contributed by atoms with Crippen molar-refractivity contribution in [2.24, 2.45) is 11.8 Å². The number of imidazole rings is 1. The first-order chi connectivity index (χ1) is 18.2. The minimum absolute atomic E-state index is 0.254. The molecule has 2 aliphatic rings. The lowest BCUT2D eigenvalue weighted by Gasteiger charge is -2.18. The van der Waals surface area contributed by atoms with Crippen molar-refractivity contribution in [3.63, 3.8) is 0 Å². The van der Waals surface area contributed by atoms with Gasteiger partial charge in [0.25, 0.3) is 0 Å². The molecule has 1 aliphatic heterocycles. The summed E-state index contributed by atoms with van der Waals surface area (Å²) in [5.41, 5.74) is 6.80. The summed E-state index contributed by atoms with van der Waals surface area (Å²) in [5, 5.41) is 11.1. The zero-order valence-corrected chi connectivity index (χ0v) is 20.5. The Hall–Kier alpha value is -4.37. The van der Waals surface area contributed by atoms with Crippen LogP contribution in [0.2, 0.25) is 0 Å². The van der Waals surface area contributed by atoms with Gasteiger partial charge in [-0.15, -0.1) is 0 Å². The molecule has 1 aliphatic carbocycles. The van der Waals surface area contributed by atoms with Gasteiger partial charge in [-0.25, -0.2) is 4.98 Å². The third-order valence-corrected chi connectivity index (χ3v) is 7.88. The summed E-state index contributed by atoms with van der Waals surface area (Å²) in [7, 11) is 0. The molecule has 0 unspecified atom stereocenters. The molecule has 0 spiro atoms. The predicted molar refractivity (Wildman–Crippen MR) is 145 cm³/mol. The van der Waals surface area contributed by atoms with E-state index < -0.39 is 0 Å². The SMILES string of the molecule is N#Cc1cccc2nc(-c3ccc(-c4ccc5cc[nH]c5c4)cc3)n(C[C@@H]3CCN(C(=O)C4CC4)C3)c12. The third-order valence-electron chi connectivity index (χ3n) is 7.88. The summed E-state index contributed by atoms with van der Waals surface area (Å²) >= 11 is 0. The average Bonchev–Trinajstić information content (AvgIpc) is 3.32. The summed E-state index contributed by atoms with van der Waals surface area (Å²) in [6.07, 6.45) is 5.02. The molecule has 2 fully saturated rings. The maximum Gasteiger partial charge on any atom is 0.225 e. The number of H-pyrrole nitrogens is 1. The van der Waals surface area contributed by atoms with Crippen LogP contribution in [0.1, 0.15) is 24.8 Å². The highest BCUT2D eigenvalue weighted by atomic mass is 16.2. The van der Waals surface area contributed by atoms with E-state index in [1.54, 1.807) is 0 Å². The predicted octanol–water partition coefficient (Wildman–Crippen LogP) is 5.98. The molecular formula is C31H27N5O. The highest BCUT2D eigenvalue weighted by Gasteiger charge is 2.37. The number of nitrogens with zero attached hydrogens (tertiary/aromatic N) is 4. The second-order valence-electron chi connectivity index (χ2n) is 10.4. The number of carbonyl (C=O) groups is 1. The van der Waals surface area contributed by atoms with Crippen LogP contribution < -0.4 is 0 Å². The van der Waals surface area contributed by atoms with Gasteiger partial charge in [0.2, 0.25) is 5.91 Å². The lowest BCUT2D eigenvalue weighted by Crippen LogP contribution is -2.30. The number of aromatic amines is 1. The molecule has 1 N–H and O–H groups in total. The number of amides is 1. The van der Waals surface area contributed by atoms with Crippen LogP contribution in [0.4, 0.5) is 0 Å². The van der Waals surface area contributed by atoms with Crippen molar-refractivity contribution in [1.29, 1.82) is 5.26 Å². The van der Waals surface area contributed by atoms with E-state index >= 15 is 0 Å². The number of carbonyl (C=O) groups excluding carboxylic acids is 1. The molecule has 7 rings (SSSR count). The molecule has 2 aromatic heterocycles. The Balaban J connectivity index is 1.24. The van der Waals surface area contributed by atoms with Gasteiger partial charge < -0.3 is 14.5 Å². The second kappa shape index (κ2) is 8.63. The Morgan fingerprint density at radius 3 is 2.62 bits per heavy atom. The lowest BCUT2D eigenvalue weighted by atomic mass is 10.0. The van der Waals surface area contributed by atoms with Crippen LogP contribution in [0.15, 0.2) is 72.9 Å². The first-order valence-electron chi connectivity index (χ1n) is 13.0. The normalized spacial score (nSPS) is 17.5. The number of likely N-dealkylation sites (tertiary alicyclic amines) is 1. The Bertz CT molecular complexity index is 1680. The summed E-state index contributed by atoms with van der Waals surface area (Å²) in [6.45, 7) is 2.35. The maximum absolute atomic E-state index is 12.6. The molecule has 1 amide bonds. The highest BCUT2D eigenvalue weighted by Crippen LogP contribution is 2.35.